The lowest BCUT2D eigenvalue weighted by molar-refractivity contribution is -0.152. The summed E-state index contributed by atoms with van der Waals surface area (Å²) in [5.41, 5.74) is 2.93. The zero-order chi connectivity index (χ0) is 21.9. The van der Waals surface area contributed by atoms with Crippen molar-refractivity contribution in [3.63, 3.8) is 0 Å². The number of esters is 1. The lowest BCUT2D eigenvalue weighted by Gasteiger charge is -2.62. The molecular weight excluding hydrogens is 376 g/mol. The van der Waals surface area contributed by atoms with E-state index in [0.717, 1.165) is 12.3 Å². The molecule has 0 saturated heterocycles. The lowest BCUT2D eigenvalue weighted by atomic mass is 9.43. The van der Waals surface area contributed by atoms with E-state index in [1.54, 1.807) is 12.7 Å². The van der Waals surface area contributed by atoms with Gasteiger partial charge in [0.2, 0.25) is 6.29 Å². The monoisotopic (exact) mass is 416 g/mol. The maximum Gasteiger partial charge on any atom is 0.333 e. The average Bonchev–Trinajstić information content (AvgIpc) is 3.00. The van der Waals surface area contributed by atoms with E-state index in [-0.39, 0.29) is 11.5 Å². The fraction of sp³-hybridized carbons (Fsp3) is 0.808. The van der Waals surface area contributed by atoms with Gasteiger partial charge in [0, 0.05) is 18.8 Å². The van der Waals surface area contributed by atoms with Crippen LogP contribution in [-0.4, -0.2) is 30.6 Å². The maximum atomic E-state index is 11.7. The van der Waals surface area contributed by atoms with Crippen LogP contribution in [0.1, 0.15) is 79.6 Å². The second-order valence-corrected chi connectivity index (χ2v) is 11.6. The van der Waals surface area contributed by atoms with E-state index < -0.39 is 12.3 Å². The zero-order valence-corrected chi connectivity index (χ0v) is 19.7. The molecule has 30 heavy (non-hydrogen) atoms. The van der Waals surface area contributed by atoms with E-state index in [4.69, 9.17) is 9.47 Å². The molecule has 168 valence electrons. The summed E-state index contributed by atoms with van der Waals surface area (Å²) in [7, 11) is 1.67. The number of aliphatic hydroxyl groups is 1. The highest BCUT2D eigenvalue weighted by Gasteiger charge is 2.57. The third-order valence-electron chi connectivity index (χ3n) is 9.72. The second kappa shape index (κ2) is 7.48. The van der Waals surface area contributed by atoms with E-state index in [9.17, 15) is 9.90 Å². The molecule has 0 amide bonds. The first-order valence-corrected chi connectivity index (χ1v) is 11.9. The van der Waals surface area contributed by atoms with Crippen LogP contribution in [0.15, 0.2) is 23.3 Å². The number of rotatable bonds is 4. The van der Waals surface area contributed by atoms with Crippen LogP contribution in [0.25, 0.3) is 0 Å². The molecule has 0 aromatic rings. The Balaban J connectivity index is 1.68. The molecule has 2 saturated carbocycles. The Morgan fingerprint density at radius 1 is 1.23 bits per heavy atom. The molecule has 2 fully saturated rings. The van der Waals surface area contributed by atoms with E-state index >= 15 is 0 Å². The molecule has 3 aliphatic carbocycles. The summed E-state index contributed by atoms with van der Waals surface area (Å²) in [6.07, 6.45) is 10.9. The number of aliphatic hydroxyl groups excluding tert-OH is 1. The number of ether oxygens (including phenoxy) is 2. The van der Waals surface area contributed by atoms with Crippen LogP contribution in [0.3, 0.4) is 0 Å². The quantitative estimate of drug-likeness (QED) is 0.492. The second-order valence-electron chi connectivity index (χ2n) is 11.6. The normalized spacial score (nSPS) is 43.8. The van der Waals surface area contributed by atoms with Gasteiger partial charge in [-0.25, -0.2) is 4.79 Å². The van der Waals surface area contributed by atoms with Gasteiger partial charge in [0.05, 0.1) is 6.10 Å². The van der Waals surface area contributed by atoms with Crippen molar-refractivity contribution in [1.29, 1.82) is 0 Å². The molecule has 0 bridgehead atoms. The van der Waals surface area contributed by atoms with Crippen LogP contribution >= 0.6 is 0 Å². The van der Waals surface area contributed by atoms with Crippen LogP contribution in [0.5, 0.6) is 0 Å². The Kier molecular flexibility index (Phi) is 5.50. The molecule has 1 N–H and O–H groups in total. The van der Waals surface area contributed by atoms with Crippen molar-refractivity contribution < 1.29 is 19.4 Å². The maximum absolute atomic E-state index is 11.7. The largest absolute Gasteiger partial charge is 0.429 e. The number of carbonyl (C=O) groups excluding carboxylic acids is 1. The predicted octanol–water partition coefficient (Wildman–Crippen LogP) is 5.41. The highest BCUT2D eigenvalue weighted by molar-refractivity contribution is 5.85. The summed E-state index contributed by atoms with van der Waals surface area (Å²) < 4.78 is 10.8. The minimum Gasteiger partial charge on any atom is -0.429 e. The Labute approximate surface area is 182 Å². The van der Waals surface area contributed by atoms with Gasteiger partial charge >= 0.3 is 5.97 Å². The Bertz CT molecular complexity index is 765. The third kappa shape index (κ3) is 3.30. The van der Waals surface area contributed by atoms with Gasteiger partial charge < -0.3 is 14.6 Å². The van der Waals surface area contributed by atoms with Crippen molar-refractivity contribution in [2.75, 3.05) is 7.11 Å². The van der Waals surface area contributed by atoms with Crippen LogP contribution < -0.4 is 0 Å². The van der Waals surface area contributed by atoms with Crippen LogP contribution in [0.4, 0.5) is 0 Å². The van der Waals surface area contributed by atoms with Crippen molar-refractivity contribution >= 4 is 5.97 Å². The summed E-state index contributed by atoms with van der Waals surface area (Å²) in [6, 6.07) is 0. The fourth-order valence-corrected chi connectivity index (χ4v) is 7.76. The lowest BCUT2D eigenvalue weighted by Crippen LogP contribution is -2.53. The molecule has 1 heterocycles. The van der Waals surface area contributed by atoms with Gasteiger partial charge in [-0.3, -0.25) is 0 Å². The number of allylic oxidation sites excluding steroid dienone is 2. The number of fused-ring (bicyclic) bond motifs is 3. The summed E-state index contributed by atoms with van der Waals surface area (Å²) >= 11 is 0. The SMILES string of the molecule is CO[C@H](C[C@]1(C)C2=CC[C@H]3C(C)(C)CCC[C@]3(C)[C@H]2CC[C@@H]1C)C1=CC(=O)O[C@H]1O. The van der Waals surface area contributed by atoms with Gasteiger partial charge in [-0.05, 0) is 72.5 Å². The molecule has 0 unspecified atom stereocenters. The van der Waals surface area contributed by atoms with Crippen molar-refractivity contribution in [2.45, 2.75) is 92.0 Å². The smallest absolute Gasteiger partial charge is 0.333 e. The number of hydrogen-bond donors (Lipinski definition) is 1. The standard InChI is InChI=1S/C26H40O4/c1-16-8-9-18-19(10-11-21-24(2,3)12-7-13-25(18,21)4)26(16,5)15-20(29-6)17-14-22(27)30-23(17)28/h10,14,16,18,20-21,23,28H,7-9,11-13,15H2,1-6H3/t16-,18-,20+,21-,23+,25+,26-/m0/s1. The minimum atomic E-state index is -1.18. The summed E-state index contributed by atoms with van der Waals surface area (Å²) in [4.78, 5) is 11.7. The molecule has 0 aromatic heterocycles. The molecular formula is C26H40O4. The topological polar surface area (TPSA) is 55.8 Å². The van der Waals surface area contributed by atoms with Crippen LogP contribution in [0.2, 0.25) is 0 Å². The number of cyclic esters (lactones) is 1. The Morgan fingerprint density at radius 2 is 1.97 bits per heavy atom. The van der Waals surface area contributed by atoms with Gasteiger partial charge in [-0.15, -0.1) is 0 Å². The van der Waals surface area contributed by atoms with E-state index in [2.05, 4.69) is 40.7 Å². The van der Waals surface area contributed by atoms with Crippen molar-refractivity contribution in [3.8, 4) is 0 Å². The van der Waals surface area contributed by atoms with Crippen molar-refractivity contribution in [3.05, 3.63) is 23.3 Å². The highest BCUT2D eigenvalue weighted by Crippen LogP contribution is 2.66. The highest BCUT2D eigenvalue weighted by atomic mass is 16.6. The van der Waals surface area contributed by atoms with E-state index in [0.29, 0.717) is 28.2 Å². The molecule has 4 rings (SSSR count). The molecule has 4 aliphatic rings. The van der Waals surface area contributed by atoms with Crippen LogP contribution in [0, 0.1) is 34.0 Å². The molecule has 4 heteroatoms. The van der Waals surface area contributed by atoms with Gasteiger partial charge in [-0.2, -0.15) is 0 Å². The van der Waals surface area contributed by atoms with Crippen molar-refractivity contribution in [1.82, 2.24) is 0 Å². The van der Waals surface area contributed by atoms with Crippen molar-refractivity contribution in [2.24, 2.45) is 34.0 Å². The molecule has 0 spiro atoms. The van der Waals surface area contributed by atoms with Gasteiger partial charge in [0.1, 0.15) is 0 Å². The number of carbonyl (C=O) groups is 1. The van der Waals surface area contributed by atoms with E-state index in [1.165, 1.54) is 44.6 Å². The number of methoxy groups -OCH3 is 1. The number of hydrogen-bond acceptors (Lipinski definition) is 4. The molecule has 1 aliphatic heterocycles. The van der Waals surface area contributed by atoms with Gasteiger partial charge in [-0.1, -0.05) is 52.7 Å². The first kappa shape index (κ1) is 22.1. The molecule has 7 atom stereocenters. The van der Waals surface area contributed by atoms with E-state index in [1.807, 2.05) is 0 Å². The average molecular weight is 417 g/mol. The summed E-state index contributed by atoms with van der Waals surface area (Å²) in [5, 5.41) is 10.2. The minimum absolute atomic E-state index is 0.00857. The summed E-state index contributed by atoms with van der Waals surface area (Å²) in [5.74, 6) is 1.42. The first-order chi connectivity index (χ1) is 14.0. The Hall–Kier alpha value is -1.13. The first-order valence-electron chi connectivity index (χ1n) is 11.9. The Morgan fingerprint density at radius 3 is 2.60 bits per heavy atom. The van der Waals surface area contributed by atoms with Gasteiger partial charge in [0.15, 0.2) is 0 Å². The predicted molar refractivity (Wildman–Crippen MR) is 118 cm³/mol. The third-order valence-corrected chi connectivity index (χ3v) is 9.72. The fourth-order valence-electron chi connectivity index (χ4n) is 7.76. The summed E-state index contributed by atoms with van der Waals surface area (Å²) in [6.45, 7) is 12.3. The van der Waals surface area contributed by atoms with Crippen LogP contribution in [-0.2, 0) is 14.3 Å². The zero-order valence-electron chi connectivity index (χ0n) is 19.7. The molecule has 0 aromatic carbocycles. The molecule has 0 radical (unpaired) electrons. The van der Waals surface area contributed by atoms with Gasteiger partial charge in [0.25, 0.3) is 0 Å². The molecule has 4 nitrogen and oxygen atoms in total.